The zero-order chi connectivity index (χ0) is 12.3. The Bertz CT molecular complexity index is 378. The lowest BCUT2D eigenvalue weighted by Gasteiger charge is -2.34. The molecule has 1 fully saturated rings. The average Bonchev–Trinajstić information content (AvgIpc) is 2.34. The number of aryl methyl sites for hydroxylation is 1. The van der Waals surface area contributed by atoms with Crippen LogP contribution < -0.4 is 5.32 Å². The van der Waals surface area contributed by atoms with Crippen LogP contribution in [0.15, 0.2) is 18.2 Å². The molecule has 1 heterocycles. The average molecular weight is 238 g/mol. The molecular weight excluding hydrogens is 219 g/mol. The van der Waals surface area contributed by atoms with Crippen LogP contribution in [0.25, 0.3) is 0 Å². The number of nitrogens with one attached hydrogen (secondary N) is 1. The van der Waals surface area contributed by atoms with Crippen molar-refractivity contribution in [3.05, 3.63) is 35.1 Å². The van der Waals surface area contributed by atoms with E-state index >= 15 is 0 Å². The Morgan fingerprint density at radius 3 is 2.71 bits per heavy atom. The predicted molar refractivity (Wildman–Crippen MR) is 65.4 cm³/mol. The summed E-state index contributed by atoms with van der Waals surface area (Å²) in [5, 5.41) is 12.9. The second-order valence-corrected chi connectivity index (χ2v) is 4.49. The number of benzene rings is 1. The number of aliphatic hydroxyl groups excluding tert-OH is 1. The van der Waals surface area contributed by atoms with E-state index in [0.29, 0.717) is 0 Å². The Kier molecular flexibility index (Phi) is 4.10. The molecule has 4 heteroatoms. The maximum Gasteiger partial charge on any atom is 0.123 e. The second kappa shape index (κ2) is 5.58. The van der Waals surface area contributed by atoms with E-state index in [-0.39, 0.29) is 18.5 Å². The summed E-state index contributed by atoms with van der Waals surface area (Å²) in [6.07, 6.45) is 0. The van der Waals surface area contributed by atoms with Crippen molar-refractivity contribution in [1.29, 1.82) is 0 Å². The van der Waals surface area contributed by atoms with Gasteiger partial charge in [-0.3, -0.25) is 4.90 Å². The molecule has 0 aliphatic carbocycles. The molecule has 2 N–H and O–H groups in total. The van der Waals surface area contributed by atoms with E-state index in [9.17, 15) is 9.50 Å². The van der Waals surface area contributed by atoms with Gasteiger partial charge in [-0.2, -0.15) is 0 Å². The molecule has 1 unspecified atom stereocenters. The van der Waals surface area contributed by atoms with Crippen molar-refractivity contribution in [1.82, 2.24) is 10.2 Å². The fraction of sp³-hybridized carbons (Fsp3) is 0.538. The molecule has 0 radical (unpaired) electrons. The minimum Gasteiger partial charge on any atom is -0.394 e. The van der Waals surface area contributed by atoms with Crippen molar-refractivity contribution in [2.24, 2.45) is 0 Å². The van der Waals surface area contributed by atoms with Gasteiger partial charge in [0.15, 0.2) is 0 Å². The first-order valence-electron chi connectivity index (χ1n) is 6.04. The van der Waals surface area contributed by atoms with Crippen LogP contribution in [0.4, 0.5) is 4.39 Å². The highest BCUT2D eigenvalue weighted by Gasteiger charge is 2.22. The van der Waals surface area contributed by atoms with Gasteiger partial charge in [0.25, 0.3) is 0 Å². The predicted octanol–water partition coefficient (Wildman–Crippen LogP) is 1.07. The van der Waals surface area contributed by atoms with Gasteiger partial charge in [-0.25, -0.2) is 4.39 Å². The molecule has 94 valence electrons. The van der Waals surface area contributed by atoms with Gasteiger partial charge >= 0.3 is 0 Å². The first kappa shape index (κ1) is 12.5. The van der Waals surface area contributed by atoms with Crippen LogP contribution in [-0.2, 0) is 0 Å². The van der Waals surface area contributed by atoms with E-state index in [2.05, 4.69) is 10.2 Å². The molecule has 1 aromatic rings. The highest BCUT2D eigenvalue weighted by molar-refractivity contribution is 5.29. The quantitative estimate of drug-likeness (QED) is 0.827. The smallest absolute Gasteiger partial charge is 0.123 e. The summed E-state index contributed by atoms with van der Waals surface area (Å²) in [7, 11) is 0. The molecule has 1 aliphatic rings. The van der Waals surface area contributed by atoms with Crippen molar-refractivity contribution in [3.63, 3.8) is 0 Å². The van der Waals surface area contributed by atoms with Gasteiger partial charge in [0.05, 0.1) is 12.6 Å². The molecule has 17 heavy (non-hydrogen) atoms. The van der Waals surface area contributed by atoms with E-state index in [1.807, 2.05) is 6.92 Å². The monoisotopic (exact) mass is 238 g/mol. The normalized spacial score (nSPS) is 19.2. The van der Waals surface area contributed by atoms with Gasteiger partial charge in [-0.15, -0.1) is 0 Å². The zero-order valence-electron chi connectivity index (χ0n) is 10.1. The van der Waals surface area contributed by atoms with Gasteiger partial charge in [-0.05, 0) is 30.2 Å². The molecule has 1 aromatic carbocycles. The molecule has 0 spiro atoms. The van der Waals surface area contributed by atoms with E-state index in [4.69, 9.17) is 0 Å². The first-order valence-corrected chi connectivity index (χ1v) is 6.04. The van der Waals surface area contributed by atoms with Gasteiger partial charge in [0.1, 0.15) is 5.82 Å². The molecule has 2 rings (SSSR count). The van der Waals surface area contributed by atoms with Crippen LogP contribution in [0.2, 0.25) is 0 Å². The first-order chi connectivity index (χ1) is 8.22. The lowest BCUT2D eigenvalue weighted by molar-refractivity contribution is 0.110. The maximum atomic E-state index is 13.1. The molecule has 3 nitrogen and oxygen atoms in total. The maximum absolute atomic E-state index is 13.1. The van der Waals surface area contributed by atoms with E-state index < -0.39 is 0 Å². The molecule has 0 amide bonds. The van der Waals surface area contributed by atoms with Crippen molar-refractivity contribution in [2.75, 3.05) is 32.8 Å². The molecule has 1 saturated heterocycles. The summed E-state index contributed by atoms with van der Waals surface area (Å²) in [5.74, 6) is -0.219. The minimum atomic E-state index is -0.219. The summed E-state index contributed by atoms with van der Waals surface area (Å²) < 4.78 is 13.1. The summed E-state index contributed by atoms with van der Waals surface area (Å²) in [5.41, 5.74) is 1.93. The Labute approximate surface area is 101 Å². The van der Waals surface area contributed by atoms with Gasteiger partial charge < -0.3 is 10.4 Å². The number of rotatable bonds is 3. The third-order valence-electron chi connectivity index (χ3n) is 3.36. The van der Waals surface area contributed by atoms with Crippen LogP contribution in [0, 0.1) is 12.7 Å². The van der Waals surface area contributed by atoms with Crippen molar-refractivity contribution < 1.29 is 9.50 Å². The van der Waals surface area contributed by atoms with E-state index in [1.54, 1.807) is 6.07 Å². The van der Waals surface area contributed by atoms with Crippen molar-refractivity contribution >= 4 is 0 Å². The van der Waals surface area contributed by atoms with Crippen LogP contribution in [0.5, 0.6) is 0 Å². The third kappa shape index (κ3) is 2.83. The third-order valence-corrected chi connectivity index (χ3v) is 3.36. The number of piperazine rings is 1. The fourth-order valence-electron chi connectivity index (χ4n) is 2.42. The summed E-state index contributed by atoms with van der Waals surface area (Å²) in [6, 6.07) is 4.76. The van der Waals surface area contributed by atoms with Crippen LogP contribution in [0.1, 0.15) is 17.2 Å². The molecular formula is C13H19FN2O. The zero-order valence-corrected chi connectivity index (χ0v) is 10.1. The SMILES string of the molecule is Cc1cc(F)ccc1C(CO)N1CCNCC1. The number of halogens is 1. The second-order valence-electron chi connectivity index (χ2n) is 4.49. The molecule has 1 atom stereocenters. The number of hydrogen-bond acceptors (Lipinski definition) is 3. The summed E-state index contributed by atoms with van der Waals surface area (Å²) in [6.45, 7) is 5.69. The standard InChI is InChI=1S/C13H19FN2O/c1-10-8-11(14)2-3-12(10)13(9-17)16-6-4-15-5-7-16/h2-3,8,13,15,17H,4-7,9H2,1H3. The Balaban J connectivity index is 2.21. The highest BCUT2D eigenvalue weighted by Crippen LogP contribution is 2.24. The van der Waals surface area contributed by atoms with Gasteiger partial charge in [0, 0.05) is 26.2 Å². The number of aliphatic hydroxyl groups is 1. The molecule has 0 bridgehead atoms. The molecule has 0 aromatic heterocycles. The summed E-state index contributed by atoms with van der Waals surface area (Å²) >= 11 is 0. The van der Waals surface area contributed by atoms with E-state index in [0.717, 1.165) is 37.3 Å². The lowest BCUT2D eigenvalue weighted by atomic mass is 10.00. The molecule has 0 saturated carbocycles. The van der Waals surface area contributed by atoms with Gasteiger partial charge in [0.2, 0.25) is 0 Å². The Morgan fingerprint density at radius 2 is 2.12 bits per heavy atom. The number of hydrogen-bond donors (Lipinski definition) is 2. The largest absolute Gasteiger partial charge is 0.394 e. The van der Waals surface area contributed by atoms with E-state index in [1.165, 1.54) is 12.1 Å². The Morgan fingerprint density at radius 1 is 1.41 bits per heavy atom. The highest BCUT2D eigenvalue weighted by atomic mass is 19.1. The Hall–Kier alpha value is -0.970. The van der Waals surface area contributed by atoms with Crippen molar-refractivity contribution in [3.8, 4) is 0 Å². The molecule has 1 aliphatic heterocycles. The van der Waals surface area contributed by atoms with Gasteiger partial charge in [-0.1, -0.05) is 6.07 Å². The van der Waals surface area contributed by atoms with Crippen molar-refractivity contribution in [2.45, 2.75) is 13.0 Å². The van der Waals surface area contributed by atoms with Crippen LogP contribution in [-0.4, -0.2) is 42.8 Å². The fourth-order valence-corrected chi connectivity index (χ4v) is 2.42. The minimum absolute atomic E-state index is 0.0160. The number of nitrogens with zero attached hydrogens (tertiary/aromatic N) is 1. The summed E-state index contributed by atoms with van der Waals surface area (Å²) in [4.78, 5) is 2.25. The van der Waals surface area contributed by atoms with Crippen LogP contribution >= 0.6 is 0 Å². The van der Waals surface area contributed by atoms with Crippen LogP contribution in [0.3, 0.4) is 0 Å². The lowest BCUT2D eigenvalue weighted by Crippen LogP contribution is -2.46. The topological polar surface area (TPSA) is 35.5 Å².